The zero-order chi connectivity index (χ0) is 19.5. The van der Waals surface area contributed by atoms with E-state index >= 15 is 0 Å². The van der Waals surface area contributed by atoms with Crippen LogP contribution in [-0.4, -0.2) is 27.5 Å². The normalized spacial score (nSPS) is 16.0. The molecule has 28 heavy (non-hydrogen) atoms. The van der Waals surface area contributed by atoms with Crippen LogP contribution in [0, 0.1) is 11.3 Å². The third-order valence-corrected chi connectivity index (χ3v) is 5.49. The monoisotopic (exact) mass is 374 g/mol. The molecule has 3 heterocycles. The van der Waals surface area contributed by atoms with Crippen LogP contribution in [0.3, 0.4) is 0 Å². The number of nitrogens with zero attached hydrogens (tertiary/aromatic N) is 3. The number of nitrogens with one attached hydrogen (secondary N) is 1. The molecular formula is C22H22N4O2. The van der Waals surface area contributed by atoms with Gasteiger partial charge in [-0.1, -0.05) is 36.8 Å². The van der Waals surface area contributed by atoms with Gasteiger partial charge in [0.05, 0.1) is 16.9 Å². The molecule has 1 aliphatic rings. The fourth-order valence-corrected chi connectivity index (χ4v) is 3.99. The summed E-state index contributed by atoms with van der Waals surface area (Å²) in [4.78, 5) is 30.0. The lowest BCUT2D eigenvalue weighted by Crippen LogP contribution is -2.37. The first-order chi connectivity index (χ1) is 13.7. The van der Waals surface area contributed by atoms with E-state index in [4.69, 9.17) is 5.26 Å². The van der Waals surface area contributed by atoms with Crippen LogP contribution in [0.15, 0.2) is 58.3 Å². The molecule has 0 bridgehead atoms. The third-order valence-electron chi connectivity index (χ3n) is 5.49. The van der Waals surface area contributed by atoms with Crippen LogP contribution in [0.4, 0.5) is 0 Å². The third kappa shape index (κ3) is 3.49. The summed E-state index contributed by atoms with van der Waals surface area (Å²) in [5.74, 6) is 0. The summed E-state index contributed by atoms with van der Waals surface area (Å²) in [6.07, 6.45) is 5.32. The molecule has 1 aliphatic heterocycles. The van der Waals surface area contributed by atoms with Crippen LogP contribution in [0.2, 0.25) is 0 Å². The van der Waals surface area contributed by atoms with Crippen molar-refractivity contribution in [3.63, 3.8) is 0 Å². The van der Waals surface area contributed by atoms with Crippen molar-refractivity contribution in [1.82, 2.24) is 14.5 Å². The van der Waals surface area contributed by atoms with E-state index in [-0.39, 0.29) is 17.2 Å². The molecule has 6 heteroatoms. The highest BCUT2D eigenvalue weighted by atomic mass is 16.1. The number of nitriles is 1. The van der Waals surface area contributed by atoms with E-state index in [9.17, 15) is 9.59 Å². The number of likely N-dealkylation sites (tertiary alicyclic amines) is 1. The summed E-state index contributed by atoms with van der Waals surface area (Å²) >= 11 is 0. The number of benzene rings is 1. The maximum Gasteiger partial charge on any atom is 0.266 e. The summed E-state index contributed by atoms with van der Waals surface area (Å²) in [5.41, 5.74) is 0.943. The molecule has 1 atom stereocenters. The minimum absolute atomic E-state index is 0.0435. The molecule has 1 unspecified atom stereocenters. The first kappa shape index (κ1) is 18.2. The van der Waals surface area contributed by atoms with Gasteiger partial charge in [0.2, 0.25) is 0 Å². The zero-order valence-corrected chi connectivity index (χ0v) is 15.6. The molecule has 2 aromatic heterocycles. The lowest BCUT2D eigenvalue weighted by Gasteiger charge is -2.35. The van der Waals surface area contributed by atoms with E-state index in [1.165, 1.54) is 30.9 Å². The number of hydrogen-bond donors (Lipinski definition) is 1. The maximum absolute atomic E-state index is 13.1. The average Bonchev–Trinajstić information content (AvgIpc) is 2.74. The Kier molecular flexibility index (Phi) is 5.09. The summed E-state index contributed by atoms with van der Waals surface area (Å²) in [6, 6.07) is 15.4. The predicted molar refractivity (Wildman–Crippen MR) is 108 cm³/mol. The van der Waals surface area contributed by atoms with Gasteiger partial charge in [-0.25, -0.2) is 0 Å². The van der Waals surface area contributed by atoms with Gasteiger partial charge in [0, 0.05) is 12.7 Å². The minimum Gasteiger partial charge on any atom is -0.321 e. The Labute approximate surface area is 162 Å². The van der Waals surface area contributed by atoms with E-state index < -0.39 is 5.56 Å². The van der Waals surface area contributed by atoms with Crippen molar-refractivity contribution in [3.8, 4) is 6.07 Å². The van der Waals surface area contributed by atoms with Crippen LogP contribution >= 0.6 is 0 Å². The molecule has 0 amide bonds. The highest BCUT2D eigenvalue weighted by Crippen LogP contribution is 2.26. The highest BCUT2D eigenvalue weighted by Gasteiger charge is 2.23. The van der Waals surface area contributed by atoms with Gasteiger partial charge in [0.1, 0.15) is 11.6 Å². The number of H-pyrrole nitrogens is 1. The molecule has 1 N–H and O–H groups in total. The molecule has 1 saturated heterocycles. The predicted octanol–water partition coefficient (Wildman–Crippen LogP) is 2.79. The van der Waals surface area contributed by atoms with E-state index in [0.29, 0.717) is 17.4 Å². The van der Waals surface area contributed by atoms with Crippen molar-refractivity contribution >= 4 is 10.9 Å². The first-order valence-corrected chi connectivity index (χ1v) is 9.63. The number of aromatic amines is 1. The molecule has 0 radical (unpaired) electrons. The zero-order valence-electron chi connectivity index (χ0n) is 15.6. The molecule has 1 fully saturated rings. The van der Waals surface area contributed by atoms with Crippen LogP contribution in [-0.2, 0) is 6.54 Å². The minimum atomic E-state index is -0.470. The number of rotatable bonds is 4. The lowest BCUT2D eigenvalue weighted by molar-refractivity contribution is 0.148. The van der Waals surface area contributed by atoms with Gasteiger partial charge in [-0.3, -0.25) is 14.5 Å². The van der Waals surface area contributed by atoms with Crippen LogP contribution in [0.1, 0.15) is 36.4 Å². The second-order valence-electron chi connectivity index (χ2n) is 7.25. The van der Waals surface area contributed by atoms with Crippen LogP contribution in [0.25, 0.3) is 10.9 Å². The summed E-state index contributed by atoms with van der Waals surface area (Å²) in [6.45, 7) is 2.57. The highest BCUT2D eigenvalue weighted by molar-refractivity contribution is 5.78. The van der Waals surface area contributed by atoms with Crippen molar-refractivity contribution in [1.29, 1.82) is 5.26 Å². The van der Waals surface area contributed by atoms with Gasteiger partial charge in [0.25, 0.3) is 11.1 Å². The van der Waals surface area contributed by atoms with E-state index in [2.05, 4.69) is 22.0 Å². The lowest BCUT2D eigenvalue weighted by atomic mass is 10.0. The summed E-state index contributed by atoms with van der Waals surface area (Å²) < 4.78 is 1.69. The van der Waals surface area contributed by atoms with Gasteiger partial charge in [-0.15, -0.1) is 0 Å². The molecular weight excluding hydrogens is 352 g/mol. The molecule has 0 aliphatic carbocycles. The Bertz CT molecular complexity index is 1140. The van der Waals surface area contributed by atoms with Gasteiger partial charge in [-0.05, 0) is 43.6 Å². The number of piperidine rings is 1. The van der Waals surface area contributed by atoms with Crippen molar-refractivity contribution < 1.29 is 0 Å². The molecule has 142 valence electrons. The Balaban J connectivity index is 1.76. The van der Waals surface area contributed by atoms with Crippen molar-refractivity contribution in [2.45, 2.75) is 31.8 Å². The van der Waals surface area contributed by atoms with E-state index in [0.717, 1.165) is 13.1 Å². The number of aromatic nitrogens is 2. The standard InChI is InChI=1S/C22H22N4O2/c23-14-17-13-18-19(24-21(17)27)9-12-26(22(18)28)15-20(16-7-3-1-4-8-16)25-10-5-2-6-11-25/h1,3-4,7-9,12-13,20H,2,5-6,10-11,15H2,(H,24,27). The average molecular weight is 374 g/mol. The number of hydrogen-bond acceptors (Lipinski definition) is 4. The number of pyridine rings is 2. The SMILES string of the molecule is N#Cc1cc2c(=O)n(CC(c3ccccc3)N3CCCCC3)ccc2[nH]c1=O. The first-order valence-electron chi connectivity index (χ1n) is 9.63. The van der Waals surface area contributed by atoms with Crippen molar-refractivity contribution in [3.05, 3.63) is 80.5 Å². The van der Waals surface area contributed by atoms with E-state index in [1.807, 2.05) is 24.3 Å². The molecule has 6 nitrogen and oxygen atoms in total. The Morgan fingerprint density at radius 3 is 2.54 bits per heavy atom. The quantitative estimate of drug-likeness (QED) is 0.761. The van der Waals surface area contributed by atoms with Gasteiger partial charge >= 0.3 is 0 Å². The van der Waals surface area contributed by atoms with Gasteiger partial charge in [0.15, 0.2) is 0 Å². The van der Waals surface area contributed by atoms with Gasteiger partial charge in [-0.2, -0.15) is 5.26 Å². The van der Waals surface area contributed by atoms with Crippen LogP contribution < -0.4 is 11.1 Å². The molecule has 4 rings (SSSR count). The summed E-state index contributed by atoms with van der Waals surface area (Å²) in [7, 11) is 0. The smallest absolute Gasteiger partial charge is 0.266 e. The Morgan fingerprint density at radius 2 is 1.82 bits per heavy atom. The van der Waals surface area contributed by atoms with Crippen LogP contribution in [0.5, 0.6) is 0 Å². The summed E-state index contributed by atoms with van der Waals surface area (Å²) in [5, 5.41) is 9.48. The molecule has 0 spiro atoms. The van der Waals surface area contributed by atoms with Gasteiger partial charge < -0.3 is 9.55 Å². The topological polar surface area (TPSA) is 81.9 Å². The molecule has 3 aromatic rings. The van der Waals surface area contributed by atoms with Crippen molar-refractivity contribution in [2.24, 2.45) is 0 Å². The maximum atomic E-state index is 13.1. The number of fused-ring (bicyclic) bond motifs is 1. The molecule has 1 aromatic carbocycles. The molecule has 0 saturated carbocycles. The largest absolute Gasteiger partial charge is 0.321 e. The second kappa shape index (κ2) is 7.83. The second-order valence-corrected chi connectivity index (χ2v) is 7.25. The Morgan fingerprint density at radius 1 is 1.07 bits per heavy atom. The van der Waals surface area contributed by atoms with Crippen molar-refractivity contribution in [2.75, 3.05) is 13.1 Å². The fraction of sp³-hybridized carbons (Fsp3) is 0.318. The Hall–Kier alpha value is -3.17. The van der Waals surface area contributed by atoms with E-state index in [1.54, 1.807) is 16.8 Å². The fourth-order valence-electron chi connectivity index (χ4n) is 3.99.